The second-order valence-electron chi connectivity index (χ2n) is 5.32. The number of halogens is 2. The van der Waals surface area contributed by atoms with Gasteiger partial charge in [-0.25, -0.2) is 8.78 Å². The Hall–Kier alpha value is -1.94. The van der Waals surface area contributed by atoms with Crippen LogP contribution < -0.4 is 10.2 Å². The average molecular weight is 290 g/mol. The van der Waals surface area contributed by atoms with E-state index in [4.69, 9.17) is 0 Å². The maximum Gasteiger partial charge on any atom is 0.130 e. The molecule has 1 atom stereocenters. The van der Waals surface area contributed by atoms with E-state index in [0.29, 0.717) is 12.1 Å². The zero-order valence-electron chi connectivity index (χ0n) is 12.5. The minimum atomic E-state index is -0.552. The highest BCUT2D eigenvalue weighted by atomic mass is 19.1. The van der Waals surface area contributed by atoms with Gasteiger partial charge in [-0.3, -0.25) is 0 Å². The second-order valence-corrected chi connectivity index (χ2v) is 5.32. The molecule has 2 aromatic carbocycles. The highest BCUT2D eigenvalue weighted by molar-refractivity contribution is 5.46. The van der Waals surface area contributed by atoms with E-state index < -0.39 is 11.6 Å². The Kier molecular flexibility index (Phi) is 4.91. The molecular weight excluding hydrogens is 270 g/mol. The number of benzene rings is 2. The van der Waals surface area contributed by atoms with Gasteiger partial charge in [0.1, 0.15) is 11.6 Å². The number of nitrogens with one attached hydrogen (secondary N) is 1. The minimum Gasteiger partial charge on any atom is -0.378 e. The van der Waals surface area contributed by atoms with E-state index in [1.807, 2.05) is 50.2 Å². The Bertz CT molecular complexity index is 594. The summed E-state index contributed by atoms with van der Waals surface area (Å²) < 4.78 is 26.4. The molecular formula is C17H20F2N2. The van der Waals surface area contributed by atoms with Gasteiger partial charge in [0.2, 0.25) is 0 Å². The van der Waals surface area contributed by atoms with Crippen molar-refractivity contribution in [2.45, 2.75) is 19.5 Å². The lowest BCUT2D eigenvalue weighted by Gasteiger charge is -2.17. The molecule has 0 aliphatic carbocycles. The topological polar surface area (TPSA) is 15.3 Å². The zero-order chi connectivity index (χ0) is 15.4. The first kappa shape index (κ1) is 15.4. The second kappa shape index (κ2) is 6.68. The van der Waals surface area contributed by atoms with Crippen molar-refractivity contribution >= 4 is 5.69 Å². The molecule has 2 aromatic rings. The van der Waals surface area contributed by atoms with Crippen LogP contribution >= 0.6 is 0 Å². The summed E-state index contributed by atoms with van der Waals surface area (Å²) in [7, 11) is 3.99. The molecule has 0 bridgehead atoms. The molecule has 4 heteroatoms. The molecule has 21 heavy (non-hydrogen) atoms. The first-order valence-corrected chi connectivity index (χ1v) is 6.92. The summed E-state index contributed by atoms with van der Waals surface area (Å²) in [6.45, 7) is 2.38. The van der Waals surface area contributed by atoms with Gasteiger partial charge in [-0.05, 0) is 30.7 Å². The van der Waals surface area contributed by atoms with Crippen LogP contribution in [0.4, 0.5) is 14.5 Å². The molecule has 1 unspecified atom stereocenters. The number of anilines is 1. The van der Waals surface area contributed by atoms with Gasteiger partial charge in [-0.1, -0.05) is 18.2 Å². The highest BCUT2D eigenvalue weighted by Gasteiger charge is 2.08. The van der Waals surface area contributed by atoms with Crippen molar-refractivity contribution in [2.75, 3.05) is 19.0 Å². The van der Waals surface area contributed by atoms with Crippen molar-refractivity contribution in [3.63, 3.8) is 0 Å². The zero-order valence-corrected chi connectivity index (χ0v) is 12.5. The van der Waals surface area contributed by atoms with Gasteiger partial charge in [0.15, 0.2) is 0 Å². The summed E-state index contributed by atoms with van der Waals surface area (Å²) in [5.41, 5.74) is 2.73. The number of nitrogens with zero attached hydrogens (tertiary/aromatic N) is 1. The van der Waals surface area contributed by atoms with Gasteiger partial charge in [0.05, 0.1) is 0 Å². The predicted octanol–water partition coefficient (Wildman–Crippen LogP) is 3.88. The number of hydrogen-bond acceptors (Lipinski definition) is 2. The number of rotatable bonds is 5. The summed E-state index contributed by atoms with van der Waals surface area (Å²) in [5.74, 6) is -1.07. The summed E-state index contributed by atoms with van der Waals surface area (Å²) in [4.78, 5) is 2.04. The van der Waals surface area contributed by atoms with Crippen LogP contribution in [0.15, 0.2) is 42.5 Å². The Morgan fingerprint density at radius 3 is 2.29 bits per heavy atom. The van der Waals surface area contributed by atoms with E-state index in [1.54, 1.807) is 0 Å². The summed E-state index contributed by atoms with van der Waals surface area (Å²) in [6.07, 6.45) is 0. The third-order valence-corrected chi connectivity index (χ3v) is 3.52. The fourth-order valence-corrected chi connectivity index (χ4v) is 2.11. The normalized spacial score (nSPS) is 12.2. The van der Waals surface area contributed by atoms with Crippen molar-refractivity contribution in [3.8, 4) is 0 Å². The summed E-state index contributed by atoms with van der Waals surface area (Å²) in [5, 5.41) is 3.25. The largest absolute Gasteiger partial charge is 0.378 e. The van der Waals surface area contributed by atoms with Crippen molar-refractivity contribution < 1.29 is 8.78 Å². The van der Waals surface area contributed by atoms with E-state index >= 15 is 0 Å². The lowest BCUT2D eigenvalue weighted by molar-refractivity contribution is 0.533. The van der Waals surface area contributed by atoms with Crippen molar-refractivity contribution in [1.29, 1.82) is 0 Å². The lowest BCUT2D eigenvalue weighted by Crippen LogP contribution is -2.19. The van der Waals surface area contributed by atoms with Gasteiger partial charge < -0.3 is 10.2 Å². The van der Waals surface area contributed by atoms with Crippen LogP contribution in [-0.2, 0) is 6.54 Å². The molecule has 1 N–H and O–H groups in total. The molecule has 0 saturated carbocycles. The van der Waals surface area contributed by atoms with E-state index in [2.05, 4.69) is 5.32 Å². The van der Waals surface area contributed by atoms with Crippen LogP contribution in [0.2, 0.25) is 0 Å². The fourth-order valence-electron chi connectivity index (χ4n) is 2.11. The SMILES string of the molecule is CC(NCc1ccc(F)cc1F)c1ccc(N(C)C)cc1. The molecule has 2 rings (SSSR count). The average Bonchev–Trinajstić information content (AvgIpc) is 2.46. The van der Waals surface area contributed by atoms with Gasteiger partial charge in [-0.2, -0.15) is 0 Å². The molecule has 0 aliphatic heterocycles. The van der Waals surface area contributed by atoms with Crippen molar-refractivity contribution in [2.24, 2.45) is 0 Å². The van der Waals surface area contributed by atoms with Gasteiger partial charge in [0, 0.05) is 44.0 Å². The molecule has 0 amide bonds. The van der Waals surface area contributed by atoms with Crippen LogP contribution in [0.1, 0.15) is 24.1 Å². The quantitative estimate of drug-likeness (QED) is 0.899. The summed E-state index contributed by atoms with van der Waals surface area (Å²) >= 11 is 0. The predicted molar refractivity (Wildman–Crippen MR) is 82.4 cm³/mol. The Labute approximate surface area is 124 Å². The molecule has 0 fully saturated rings. The monoisotopic (exact) mass is 290 g/mol. The van der Waals surface area contributed by atoms with Crippen LogP contribution in [0.3, 0.4) is 0 Å². The molecule has 112 valence electrons. The first-order valence-electron chi connectivity index (χ1n) is 6.92. The van der Waals surface area contributed by atoms with Crippen LogP contribution in [0.5, 0.6) is 0 Å². The molecule has 0 spiro atoms. The van der Waals surface area contributed by atoms with E-state index in [1.165, 1.54) is 12.1 Å². The Morgan fingerprint density at radius 2 is 1.71 bits per heavy atom. The first-order chi connectivity index (χ1) is 9.97. The molecule has 2 nitrogen and oxygen atoms in total. The standard InChI is InChI=1S/C17H20F2N2/c1-12(13-5-8-16(9-6-13)21(2)3)20-11-14-4-7-15(18)10-17(14)19/h4-10,12,20H,11H2,1-3H3. The maximum absolute atomic E-state index is 13.6. The highest BCUT2D eigenvalue weighted by Crippen LogP contribution is 2.18. The smallest absolute Gasteiger partial charge is 0.130 e. The molecule has 0 aliphatic rings. The third kappa shape index (κ3) is 4.02. The molecule has 0 radical (unpaired) electrons. The van der Waals surface area contributed by atoms with Gasteiger partial charge >= 0.3 is 0 Å². The van der Waals surface area contributed by atoms with Crippen LogP contribution in [-0.4, -0.2) is 14.1 Å². The van der Waals surface area contributed by atoms with E-state index in [9.17, 15) is 8.78 Å². The Morgan fingerprint density at radius 1 is 1.05 bits per heavy atom. The van der Waals surface area contributed by atoms with Crippen molar-refractivity contribution in [3.05, 3.63) is 65.2 Å². The van der Waals surface area contributed by atoms with E-state index in [-0.39, 0.29) is 6.04 Å². The Balaban J connectivity index is 1.99. The van der Waals surface area contributed by atoms with E-state index in [0.717, 1.165) is 17.3 Å². The van der Waals surface area contributed by atoms with Crippen LogP contribution in [0, 0.1) is 11.6 Å². The maximum atomic E-state index is 13.6. The fraction of sp³-hybridized carbons (Fsp3) is 0.294. The third-order valence-electron chi connectivity index (χ3n) is 3.52. The van der Waals surface area contributed by atoms with Crippen molar-refractivity contribution in [1.82, 2.24) is 5.32 Å². The molecule has 0 aromatic heterocycles. The molecule has 0 saturated heterocycles. The summed E-state index contributed by atoms with van der Waals surface area (Å²) in [6, 6.07) is 11.9. The van der Waals surface area contributed by atoms with Crippen LogP contribution in [0.25, 0.3) is 0 Å². The van der Waals surface area contributed by atoms with Gasteiger partial charge in [0.25, 0.3) is 0 Å². The molecule has 0 heterocycles. The number of hydrogen-bond donors (Lipinski definition) is 1. The minimum absolute atomic E-state index is 0.0886. The van der Waals surface area contributed by atoms with Gasteiger partial charge in [-0.15, -0.1) is 0 Å². The lowest BCUT2D eigenvalue weighted by atomic mass is 10.1.